The van der Waals surface area contributed by atoms with Crippen LogP contribution in [-0.2, 0) is 6.18 Å². The molecule has 1 saturated heterocycles. The Balaban J connectivity index is 1.70. The lowest BCUT2D eigenvalue weighted by molar-refractivity contribution is -0.137. The minimum Gasteiger partial charge on any atom is -0.458 e. The molecule has 1 aliphatic heterocycles. The Morgan fingerprint density at radius 3 is 2.67 bits per heavy atom. The van der Waals surface area contributed by atoms with Gasteiger partial charge in [0, 0.05) is 25.1 Å². The molecule has 2 aromatic rings. The van der Waals surface area contributed by atoms with Crippen molar-refractivity contribution in [1.82, 2.24) is 15.0 Å². The Labute approximate surface area is 137 Å². The molecule has 0 N–H and O–H groups in total. The molecule has 1 aliphatic rings. The molecule has 0 amide bonds. The van der Waals surface area contributed by atoms with Crippen LogP contribution in [0.25, 0.3) is 0 Å². The van der Waals surface area contributed by atoms with E-state index in [9.17, 15) is 13.2 Å². The summed E-state index contributed by atoms with van der Waals surface area (Å²) in [4.78, 5) is 14.1. The van der Waals surface area contributed by atoms with E-state index in [-0.39, 0.29) is 12.1 Å². The van der Waals surface area contributed by atoms with Gasteiger partial charge in [-0.2, -0.15) is 13.2 Å². The van der Waals surface area contributed by atoms with Gasteiger partial charge in [0.25, 0.3) is 0 Å². The average molecular weight is 338 g/mol. The Hall–Kier alpha value is -2.38. The first-order valence-electron chi connectivity index (χ1n) is 7.65. The van der Waals surface area contributed by atoms with E-state index in [0.717, 1.165) is 30.5 Å². The van der Waals surface area contributed by atoms with E-state index in [4.69, 9.17) is 4.74 Å². The van der Waals surface area contributed by atoms with Crippen LogP contribution in [0.4, 0.5) is 19.0 Å². The fourth-order valence-corrected chi connectivity index (χ4v) is 2.60. The van der Waals surface area contributed by atoms with Crippen LogP contribution in [0.15, 0.2) is 30.7 Å². The number of ether oxygens (including phenoxy) is 1. The van der Waals surface area contributed by atoms with Crippen molar-refractivity contribution >= 4 is 5.82 Å². The number of aryl methyl sites for hydroxylation is 1. The zero-order chi connectivity index (χ0) is 17.2. The number of piperidine rings is 1. The van der Waals surface area contributed by atoms with Crippen LogP contribution in [-0.4, -0.2) is 34.1 Å². The summed E-state index contributed by atoms with van der Waals surface area (Å²) in [5.74, 6) is 0.308. The number of halogens is 3. The third-order valence-corrected chi connectivity index (χ3v) is 3.80. The number of hydrogen-bond donors (Lipinski definition) is 0. The summed E-state index contributed by atoms with van der Waals surface area (Å²) in [6, 6.07) is 2.33. The van der Waals surface area contributed by atoms with Gasteiger partial charge in [-0.15, -0.1) is 0 Å². The Morgan fingerprint density at radius 2 is 1.96 bits per heavy atom. The van der Waals surface area contributed by atoms with Crippen LogP contribution in [0.1, 0.15) is 24.0 Å². The number of hydrogen-bond acceptors (Lipinski definition) is 5. The summed E-state index contributed by atoms with van der Waals surface area (Å²) in [5, 5.41) is 0. The van der Waals surface area contributed by atoms with Crippen LogP contribution >= 0.6 is 0 Å². The maximum absolute atomic E-state index is 12.8. The van der Waals surface area contributed by atoms with Crippen LogP contribution in [0.3, 0.4) is 0 Å². The highest BCUT2D eigenvalue weighted by Gasteiger charge is 2.32. The van der Waals surface area contributed by atoms with E-state index >= 15 is 0 Å². The van der Waals surface area contributed by atoms with Gasteiger partial charge < -0.3 is 9.64 Å². The number of anilines is 1. The van der Waals surface area contributed by atoms with Crippen LogP contribution in [0.2, 0.25) is 0 Å². The Morgan fingerprint density at radius 1 is 1.21 bits per heavy atom. The van der Waals surface area contributed by atoms with Crippen molar-refractivity contribution in [3.05, 3.63) is 41.9 Å². The van der Waals surface area contributed by atoms with Crippen molar-refractivity contribution in [2.24, 2.45) is 0 Å². The molecule has 128 valence electrons. The lowest BCUT2D eigenvalue weighted by Crippen LogP contribution is -2.41. The van der Waals surface area contributed by atoms with E-state index in [1.54, 1.807) is 17.3 Å². The van der Waals surface area contributed by atoms with Crippen LogP contribution < -0.4 is 9.64 Å². The lowest BCUT2D eigenvalue weighted by atomic mass is 10.1. The van der Waals surface area contributed by atoms with Crippen molar-refractivity contribution in [3.8, 4) is 6.01 Å². The molecular formula is C16H17F3N4O. The third-order valence-electron chi connectivity index (χ3n) is 3.80. The van der Waals surface area contributed by atoms with Gasteiger partial charge in [-0.25, -0.2) is 15.0 Å². The van der Waals surface area contributed by atoms with E-state index < -0.39 is 11.7 Å². The molecule has 1 unspecified atom stereocenters. The molecule has 0 bridgehead atoms. The molecular weight excluding hydrogens is 321 g/mol. The monoisotopic (exact) mass is 338 g/mol. The van der Waals surface area contributed by atoms with Gasteiger partial charge >= 0.3 is 12.2 Å². The topological polar surface area (TPSA) is 51.1 Å². The van der Waals surface area contributed by atoms with E-state index in [0.29, 0.717) is 18.9 Å². The van der Waals surface area contributed by atoms with Crippen LogP contribution in [0, 0.1) is 6.92 Å². The molecule has 5 nitrogen and oxygen atoms in total. The van der Waals surface area contributed by atoms with Crippen molar-refractivity contribution < 1.29 is 17.9 Å². The summed E-state index contributed by atoms with van der Waals surface area (Å²) in [7, 11) is 0. The molecule has 0 radical (unpaired) electrons. The van der Waals surface area contributed by atoms with Gasteiger partial charge in [-0.1, -0.05) is 0 Å². The molecule has 0 aromatic carbocycles. The first-order chi connectivity index (χ1) is 11.4. The Bertz CT molecular complexity index is 690. The number of alkyl halides is 3. The molecule has 0 saturated carbocycles. The van der Waals surface area contributed by atoms with Gasteiger partial charge in [0.1, 0.15) is 11.9 Å². The molecule has 0 aliphatic carbocycles. The van der Waals surface area contributed by atoms with Crippen molar-refractivity contribution in [2.75, 3.05) is 18.0 Å². The quantitative estimate of drug-likeness (QED) is 0.860. The largest absolute Gasteiger partial charge is 0.458 e. The number of nitrogens with zero attached hydrogens (tertiary/aromatic N) is 4. The minimum atomic E-state index is -4.38. The highest BCUT2D eigenvalue weighted by atomic mass is 19.4. The molecule has 0 spiro atoms. The van der Waals surface area contributed by atoms with Crippen molar-refractivity contribution in [2.45, 2.75) is 32.0 Å². The molecule has 3 heterocycles. The first kappa shape index (κ1) is 16.5. The maximum Gasteiger partial charge on any atom is 0.416 e. The Kier molecular flexibility index (Phi) is 4.55. The second-order valence-electron chi connectivity index (χ2n) is 5.77. The fourth-order valence-electron chi connectivity index (χ4n) is 2.60. The normalized spacial score (nSPS) is 18.5. The van der Waals surface area contributed by atoms with E-state index in [2.05, 4.69) is 15.0 Å². The maximum atomic E-state index is 12.8. The van der Waals surface area contributed by atoms with Gasteiger partial charge in [-0.3, -0.25) is 0 Å². The SMILES string of the molecule is Cc1cnc(OC2CCCN(c3cc(C(F)(F)F)ccn3)C2)nc1. The average Bonchev–Trinajstić information content (AvgIpc) is 2.57. The molecule has 3 rings (SSSR count). The highest BCUT2D eigenvalue weighted by Crippen LogP contribution is 2.31. The van der Waals surface area contributed by atoms with E-state index in [1.165, 1.54) is 6.20 Å². The highest BCUT2D eigenvalue weighted by molar-refractivity contribution is 5.42. The summed E-state index contributed by atoms with van der Waals surface area (Å²) >= 11 is 0. The lowest BCUT2D eigenvalue weighted by Gasteiger charge is -2.33. The smallest absolute Gasteiger partial charge is 0.416 e. The number of rotatable bonds is 3. The second-order valence-corrected chi connectivity index (χ2v) is 5.77. The zero-order valence-electron chi connectivity index (χ0n) is 13.1. The molecule has 2 aromatic heterocycles. The summed E-state index contributed by atoms with van der Waals surface area (Å²) in [5.41, 5.74) is 0.234. The molecule has 8 heteroatoms. The molecule has 1 fully saturated rings. The minimum absolute atomic E-state index is 0.183. The summed E-state index contributed by atoms with van der Waals surface area (Å²) in [6.07, 6.45) is 1.55. The van der Waals surface area contributed by atoms with Crippen LogP contribution in [0.5, 0.6) is 6.01 Å². The molecule has 24 heavy (non-hydrogen) atoms. The number of pyridine rings is 1. The summed E-state index contributed by atoms with van der Waals surface area (Å²) in [6.45, 7) is 2.97. The zero-order valence-corrected chi connectivity index (χ0v) is 13.1. The summed E-state index contributed by atoms with van der Waals surface area (Å²) < 4.78 is 44.3. The van der Waals surface area contributed by atoms with Gasteiger partial charge in [0.15, 0.2) is 0 Å². The van der Waals surface area contributed by atoms with Gasteiger partial charge in [0.2, 0.25) is 0 Å². The van der Waals surface area contributed by atoms with Gasteiger partial charge in [0.05, 0.1) is 12.1 Å². The van der Waals surface area contributed by atoms with Gasteiger partial charge in [-0.05, 0) is 37.5 Å². The predicted molar refractivity (Wildman–Crippen MR) is 81.9 cm³/mol. The molecule has 1 atom stereocenters. The second kappa shape index (κ2) is 6.62. The van der Waals surface area contributed by atoms with E-state index in [1.807, 2.05) is 6.92 Å². The van der Waals surface area contributed by atoms with Crippen molar-refractivity contribution in [3.63, 3.8) is 0 Å². The third kappa shape index (κ3) is 3.93. The fraction of sp³-hybridized carbons (Fsp3) is 0.438. The van der Waals surface area contributed by atoms with Crippen molar-refractivity contribution in [1.29, 1.82) is 0 Å². The first-order valence-corrected chi connectivity index (χ1v) is 7.65. The predicted octanol–water partition coefficient (Wildman–Crippen LogP) is 3.25. The number of aromatic nitrogens is 3. The standard InChI is InChI=1S/C16H17F3N4O/c1-11-8-21-15(22-9-11)24-13-3-2-6-23(10-13)14-7-12(4-5-20-14)16(17,18)19/h4-5,7-9,13H,2-3,6,10H2,1H3.